The number of rotatable bonds is 4. The van der Waals surface area contributed by atoms with Crippen LogP contribution in [0.2, 0.25) is 0 Å². The van der Waals surface area contributed by atoms with Crippen LogP contribution in [0.4, 0.5) is 6.01 Å². The third-order valence-electron chi connectivity index (χ3n) is 3.05. The first kappa shape index (κ1) is 11.0. The first-order valence-corrected chi connectivity index (χ1v) is 6.07. The fourth-order valence-corrected chi connectivity index (χ4v) is 1.90. The van der Waals surface area contributed by atoms with Gasteiger partial charge in [-0.15, -0.1) is 5.10 Å². The Bertz CT molecular complexity index is 372. The van der Waals surface area contributed by atoms with Gasteiger partial charge in [0.25, 0.3) is 0 Å². The fraction of sp³-hybridized carbons (Fsp3) is 0.818. The summed E-state index contributed by atoms with van der Waals surface area (Å²) in [6.07, 6.45) is 2.43. The molecule has 1 saturated carbocycles. The normalized spacial score (nSPS) is 24.9. The molecule has 0 radical (unpaired) electrons. The van der Waals surface area contributed by atoms with Crippen LogP contribution in [0.25, 0.3) is 0 Å². The SMILES string of the molecule is CN(C[C@H]1COCCO1)c1nnc(C2CC2)o1. The highest BCUT2D eigenvalue weighted by atomic mass is 16.6. The van der Waals surface area contributed by atoms with E-state index in [1.807, 2.05) is 11.9 Å². The number of hydrogen-bond acceptors (Lipinski definition) is 6. The van der Waals surface area contributed by atoms with Gasteiger partial charge in [-0.3, -0.25) is 0 Å². The number of anilines is 1. The van der Waals surface area contributed by atoms with Gasteiger partial charge in [0, 0.05) is 13.0 Å². The summed E-state index contributed by atoms with van der Waals surface area (Å²) < 4.78 is 16.6. The lowest BCUT2D eigenvalue weighted by molar-refractivity contribution is -0.0839. The van der Waals surface area contributed by atoms with Crippen molar-refractivity contribution >= 4 is 6.01 Å². The molecule has 6 nitrogen and oxygen atoms in total. The minimum Gasteiger partial charge on any atom is -0.408 e. The minimum absolute atomic E-state index is 0.0880. The van der Waals surface area contributed by atoms with E-state index in [-0.39, 0.29) is 6.10 Å². The Morgan fingerprint density at radius 3 is 2.88 bits per heavy atom. The molecular formula is C11H17N3O3. The molecule has 3 rings (SSSR count). The van der Waals surface area contributed by atoms with E-state index in [0.717, 1.165) is 5.89 Å². The average Bonchev–Trinajstić information content (AvgIpc) is 3.08. The van der Waals surface area contributed by atoms with Crippen LogP contribution in [-0.4, -0.2) is 49.7 Å². The van der Waals surface area contributed by atoms with Gasteiger partial charge in [0.15, 0.2) is 0 Å². The average molecular weight is 239 g/mol. The van der Waals surface area contributed by atoms with Crippen molar-refractivity contribution in [2.24, 2.45) is 0 Å². The molecule has 1 saturated heterocycles. The van der Waals surface area contributed by atoms with Crippen molar-refractivity contribution in [3.8, 4) is 0 Å². The summed E-state index contributed by atoms with van der Waals surface area (Å²) >= 11 is 0. The van der Waals surface area contributed by atoms with Crippen LogP contribution in [0.3, 0.4) is 0 Å². The van der Waals surface area contributed by atoms with Crippen molar-refractivity contribution in [1.29, 1.82) is 0 Å². The van der Waals surface area contributed by atoms with E-state index >= 15 is 0 Å². The van der Waals surface area contributed by atoms with Gasteiger partial charge < -0.3 is 18.8 Å². The summed E-state index contributed by atoms with van der Waals surface area (Å²) in [5.74, 6) is 1.27. The van der Waals surface area contributed by atoms with Gasteiger partial charge in [-0.2, -0.15) is 0 Å². The van der Waals surface area contributed by atoms with E-state index in [9.17, 15) is 0 Å². The third kappa shape index (κ3) is 2.58. The number of nitrogens with zero attached hydrogens (tertiary/aromatic N) is 3. The zero-order valence-corrected chi connectivity index (χ0v) is 9.96. The van der Waals surface area contributed by atoms with Crippen molar-refractivity contribution in [2.75, 3.05) is 38.3 Å². The molecule has 6 heteroatoms. The Labute approximate surface area is 99.9 Å². The number of likely N-dealkylation sites (N-methyl/N-ethyl adjacent to an activating group) is 1. The van der Waals surface area contributed by atoms with Crippen LogP contribution in [0.15, 0.2) is 4.42 Å². The van der Waals surface area contributed by atoms with Gasteiger partial charge in [0.1, 0.15) is 0 Å². The summed E-state index contributed by atoms with van der Waals surface area (Å²) in [5.41, 5.74) is 0. The molecule has 1 aliphatic heterocycles. The lowest BCUT2D eigenvalue weighted by atomic mass is 10.3. The Balaban J connectivity index is 1.57. The predicted molar refractivity (Wildman–Crippen MR) is 60.1 cm³/mol. The molecule has 0 amide bonds. The minimum atomic E-state index is 0.0880. The molecular weight excluding hydrogens is 222 g/mol. The molecule has 2 aliphatic rings. The highest BCUT2D eigenvalue weighted by Crippen LogP contribution is 2.39. The summed E-state index contributed by atoms with van der Waals surface area (Å²) in [6.45, 7) is 2.70. The Kier molecular flexibility index (Phi) is 2.98. The van der Waals surface area contributed by atoms with Crippen molar-refractivity contribution in [1.82, 2.24) is 10.2 Å². The standard InChI is InChI=1S/C11H17N3O3/c1-14(6-9-7-15-4-5-16-9)11-13-12-10(17-11)8-2-3-8/h8-9H,2-7H2,1H3/t9-/m0/s1. The number of hydrogen-bond donors (Lipinski definition) is 0. The fourth-order valence-electron chi connectivity index (χ4n) is 1.90. The molecule has 17 heavy (non-hydrogen) atoms. The lowest BCUT2D eigenvalue weighted by Crippen LogP contribution is -2.38. The molecule has 0 aromatic carbocycles. The largest absolute Gasteiger partial charge is 0.408 e. The van der Waals surface area contributed by atoms with Gasteiger partial charge in [-0.1, -0.05) is 5.10 Å². The Morgan fingerprint density at radius 2 is 2.18 bits per heavy atom. The number of aromatic nitrogens is 2. The molecule has 0 unspecified atom stereocenters. The topological polar surface area (TPSA) is 60.6 Å². The Morgan fingerprint density at radius 1 is 1.29 bits per heavy atom. The van der Waals surface area contributed by atoms with Crippen LogP contribution in [-0.2, 0) is 9.47 Å². The maximum atomic E-state index is 5.62. The second-order valence-electron chi connectivity index (χ2n) is 4.65. The van der Waals surface area contributed by atoms with E-state index in [1.165, 1.54) is 12.8 Å². The molecule has 1 atom stereocenters. The molecule has 0 spiro atoms. The van der Waals surface area contributed by atoms with E-state index < -0.39 is 0 Å². The van der Waals surface area contributed by atoms with Crippen molar-refractivity contribution in [3.05, 3.63) is 5.89 Å². The summed E-state index contributed by atoms with van der Waals surface area (Å²) in [6, 6.07) is 0.570. The maximum absolute atomic E-state index is 5.62. The summed E-state index contributed by atoms with van der Waals surface area (Å²) in [4.78, 5) is 1.93. The molecule has 2 heterocycles. The molecule has 2 fully saturated rings. The third-order valence-corrected chi connectivity index (χ3v) is 3.05. The van der Waals surface area contributed by atoms with Crippen molar-refractivity contribution in [3.63, 3.8) is 0 Å². The van der Waals surface area contributed by atoms with Crippen LogP contribution < -0.4 is 4.90 Å². The zero-order valence-electron chi connectivity index (χ0n) is 9.96. The molecule has 0 bridgehead atoms. The highest BCUT2D eigenvalue weighted by molar-refractivity contribution is 5.23. The van der Waals surface area contributed by atoms with E-state index in [0.29, 0.717) is 38.3 Å². The second-order valence-corrected chi connectivity index (χ2v) is 4.65. The van der Waals surface area contributed by atoms with E-state index in [4.69, 9.17) is 13.9 Å². The first-order chi connectivity index (χ1) is 8.33. The van der Waals surface area contributed by atoms with Gasteiger partial charge >= 0.3 is 6.01 Å². The van der Waals surface area contributed by atoms with Crippen molar-refractivity contribution < 1.29 is 13.9 Å². The maximum Gasteiger partial charge on any atom is 0.317 e. The second kappa shape index (κ2) is 4.62. The van der Waals surface area contributed by atoms with Gasteiger partial charge in [-0.25, -0.2) is 0 Å². The predicted octanol–water partition coefficient (Wildman–Crippen LogP) is 0.799. The van der Waals surface area contributed by atoms with Crippen LogP contribution >= 0.6 is 0 Å². The highest BCUT2D eigenvalue weighted by Gasteiger charge is 2.30. The molecule has 1 aromatic rings. The lowest BCUT2D eigenvalue weighted by Gasteiger charge is -2.26. The first-order valence-electron chi connectivity index (χ1n) is 6.07. The van der Waals surface area contributed by atoms with E-state index in [2.05, 4.69) is 10.2 Å². The van der Waals surface area contributed by atoms with E-state index in [1.54, 1.807) is 0 Å². The van der Waals surface area contributed by atoms with Crippen LogP contribution in [0.5, 0.6) is 0 Å². The van der Waals surface area contributed by atoms with Gasteiger partial charge in [-0.05, 0) is 12.8 Å². The van der Waals surface area contributed by atoms with Gasteiger partial charge in [0.05, 0.1) is 32.5 Å². The summed E-state index contributed by atoms with van der Waals surface area (Å²) in [7, 11) is 1.93. The number of ether oxygens (including phenoxy) is 2. The quantitative estimate of drug-likeness (QED) is 0.774. The Hall–Kier alpha value is -1.14. The molecule has 94 valence electrons. The summed E-state index contributed by atoms with van der Waals surface area (Å²) in [5, 5.41) is 8.12. The van der Waals surface area contributed by atoms with Crippen LogP contribution in [0, 0.1) is 0 Å². The smallest absolute Gasteiger partial charge is 0.317 e. The molecule has 0 N–H and O–H groups in total. The monoisotopic (exact) mass is 239 g/mol. The molecule has 1 aliphatic carbocycles. The molecule has 1 aromatic heterocycles. The zero-order chi connectivity index (χ0) is 11.7. The van der Waals surface area contributed by atoms with Gasteiger partial charge in [0.2, 0.25) is 5.89 Å². The van der Waals surface area contributed by atoms with Crippen molar-refractivity contribution in [2.45, 2.75) is 24.9 Å². The van der Waals surface area contributed by atoms with Crippen LogP contribution in [0.1, 0.15) is 24.7 Å².